The summed E-state index contributed by atoms with van der Waals surface area (Å²) < 4.78 is 6.83. The fourth-order valence-electron chi connectivity index (χ4n) is 1.08. The van der Waals surface area contributed by atoms with Crippen LogP contribution >= 0.6 is 0 Å². The molecule has 1 heterocycles. The average molecular weight is 197 g/mol. The van der Waals surface area contributed by atoms with Crippen molar-refractivity contribution in [1.82, 2.24) is 9.78 Å². The van der Waals surface area contributed by atoms with Crippen LogP contribution in [0.15, 0.2) is 6.07 Å². The van der Waals surface area contributed by atoms with Crippen molar-refractivity contribution in [3.63, 3.8) is 0 Å². The van der Waals surface area contributed by atoms with Crippen molar-refractivity contribution >= 4 is 5.82 Å². The maximum absolute atomic E-state index is 5.12. The standard InChI is InChI=1S/C10H19N3O/c1-10(2,3)7-11-8-6-9(14-5)13(4)12-8/h6H,7H2,1-5H3,(H,11,12). The van der Waals surface area contributed by atoms with Crippen LogP contribution in [-0.4, -0.2) is 23.4 Å². The number of nitrogens with zero attached hydrogens (tertiary/aromatic N) is 2. The number of anilines is 1. The van der Waals surface area contributed by atoms with Gasteiger partial charge in [0.2, 0.25) is 5.88 Å². The van der Waals surface area contributed by atoms with E-state index in [4.69, 9.17) is 4.74 Å². The Bertz CT molecular complexity index is 299. The molecule has 0 atom stereocenters. The van der Waals surface area contributed by atoms with Crippen LogP contribution in [0.1, 0.15) is 20.8 Å². The molecule has 0 aromatic carbocycles. The molecule has 0 amide bonds. The largest absolute Gasteiger partial charge is 0.481 e. The molecule has 0 aliphatic heterocycles. The number of hydrogen-bond donors (Lipinski definition) is 1. The van der Waals surface area contributed by atoms with E-state index < -0.39 is 0 Å². The summed E-state index contributed by atoms with van der Waals surface area (Å²) in [7, 11) is 3.51. The number of aryl methyl sites for hydroxylation is 1. The first-order valence-electron chi connectivity index (χ1n) is 4.74. The van der Waals surface area contributed by atoms with E-state index in [0.717, 1.165) is 18.2 Å². The predicted molar refractivity (Wildman–Crippen MR) is 57.7 cm³/mol. The van der Waals surface area contributed by atoms with Crippen LogP contribution < -0.4 is 10.1 Å². The normalized spacial score (nSPS) is 11.5. The topological polar surface area (TPSA) is 39.1 Å². The van der Waals surface area contributed by atoms with E-state index in [1.165, 1.54) is 0 Å². The number of aromatic nitrogens is 2. The third kappa shape index (κ3) is 2.94. The highest BCUT2D eigenvalue weighted by molar-refractivity contribution is 5.38. The van der Waals surface area contributed by atoms with Crippen molar-refractivity contribution in [3.05, 3.63) is 6.07 Å². The van der Waals surface area contributed by atoms with Gasteiger partial charge >= 0.3 is 0 Å². The number of nitrogens with one attached hydrogen (secondary N) is 1. The summed E-state index contributed by atoms with van der Waals surface area (Å²) in [5.74, 6) is 1.63. The zero-order chi connectivity index (χ0) is 10.8. The molecular formula is C10H19N3O. The zero-order valence-electron chi connectivity index (χ0n) is 9.59. The highest BCUT2D eigenvalue weighted by Gasteiger charge is 2.11. The number of rotatable bonds is 3. The summed E-state index contributed by atoms with van der Waals surface area (Å²) >= 11 is 0. The number of hydrogen-bond acceptors (Lipinski definition) is 3. The van der Waals surface area contributed by atoms with Gasteiger partial charge in [0, 0.05) is 19.7 Å². The van der Waals surface area contributed by atoms with Crippen molar-refractivity contribution in [2.45, 2.75) is 20.8 Å². The molecule has 80 valence electrons. The molecule has 1 N–H and O–H groups in total. The van der Waals surface area contributed by atoms with Crippen molar-refractivity contribution in [1.29, 1.82) is 0 Å². The minimum Gasteiger partial charge on any atom is -0.481 e. The fraction of sp³-hybridized carbons (Fsp3) is 0.700. The first kappa shape index (κ1) is 10.9. The van der Waals surface area contributed by atoms with Gasteiger partial charge in [0.15, 0.2) is 5.82 Å². The van der Waals surface area contributed by atoms with Crippen LogP contribution in [0.3, 0.4) is 0 Å². The Balaban J connectivity index is 2.60. The van der Waals surface area contributed by atoms with Crippen LogP contribution in [0.2, 0.25) is 0 Å². The van der Waals surface area contributed by atoms with Gasteiger partial charge in [0.25, 0.3) is 0 Å². The first-order chi connectivity index (χ1) is 6.42. The van der Waals surface area contributed by atoms with E-state index in [2.05, 4.69) is 31.2 Å². The summed E-state index contributed by atoms with van der Waals surface area (Å²) in [6.07, 6.45) is 0. The van der Waals surface area contributed by atoms with Crippen LogP contribution in [0, 0.1) is 5.41 Å². The van der Waals surface area contributed by atoms with Gasteiger partial charge in [-0.2, -0.15) is 5.10 Å². The van der Waals surface area contributed by atoms with Crippen molar-refractivity contribution in [2.75, 3.05) is 19.0 Å². The van der Waals surface area contributed by atoms with Gasteiger partial charge in [0.05, 0.1) is 7.11 Å². The zero-order valence-corrected chi connectivity index (χ0v) is 9.59. The van der Waals surface area contributed by atoms with E-state index in [1.54, 1.807) is 11.8 Å². The van der Waals surface area contributed by atoms with Gasteiger partial charge in [-0.3, -0.25) is 0 Å². The number of methoxy groups -OCH3 is 1. The molecule has 0 fully saturated rings. The Morgan fingerprint density at radius 1 is 1.50 bits per heavy atom. The lowest BCUT2D eigenvalue weighted by Gasteiger charge is -2.18. The molecule has 0 aliphatic rings. The van der Waals surface area contributed by atoms with Gasteiger partial charge in [-0.15, -0.1) is 0 Å². The van der Waals surface area contributed by atoms with Crippen LogP contribution in [0.4, 0.5) is 5.82 Å². The molecule has 1 rings (SSSR count). The van der Waals surface area contributed by atoms with Crippen molar-refractivity contribution < 1.29 is 4.74 Å². The smallest absolute Gasteiger partial charge is 0.213 e. The highest BCUT2D eigenvalue weighted by atomic mass is 16.5. The Morgan fingerprint density at radius 2 is 2.14 bits per heavy atom. The fourth-order valence-corrected chi connectivity index (χ4v) is 1.08. The van der Waals surface area contributed by atoms with Crippen LogP contribution in [0.25, 0.3) is 0 Å². The van der Waals surface area contributed by atoms with Gasteiger partial charge in [-0.25, -0.2) is 4.68 Å². The molecule has 14 heavy (non-hydrogen) atoms. The molecule has 0 aliphatic carbocycles. The van der Waals surface area contributed by atoms with Gasteiger partial charge < -0.3 is 10.1 Å². The van der Waals surface area contributed by atoms with Crippen molar-refractivity contribution in [3.8, 4) is 5.88 Å². The van der Waals surface area contributed by atoms with E-state index in [-0.39, 0.29) is 5.41 Å². The first-order valence-corrected chi connectivity index (χ1v) is 4.74. The Morgan fingerprint density at radius 3 is 2.57 bits per heavy atom. The van der Waals surface area contributed by atoms with Gasteiger partial charge in [-0.1, -0.05) is 20.8 Å². The Hall–Kier alpha value is -1.19. The summed E-state index contributed by atoms with van der Waals surface area (Å²) in [5.41, 5.74) is 0.255. The lowest BCUT2D eigenvalue weighted by Crippen LogP contribution is -2.19. The summed E-state index contributed by atoms with van der Waals surface area (Å²) in [4.78, 5) is 0. The second-order valence-electron chi connectivity index (χ2n) is 4.61. The van der Waals surface area contributed by atoms with Crippen LogP contribution in [-0.2, 0) is 7.05 Å². The minimum absolute atomic E-state index is 0.255. The third-order valence-electron chi connectivity index (χ3n) is 1.85. The van der Waals surface area contributed by atoms with Crippen LogP contribution in [0.5, 0.6) is 5.88 Å². The molecule has 0 unspecified atom stereocenters. The molecule has 4 heteroatoms. The van der Waals surface area contributed by atoms with E-state index >= 15 is 0 Å². The van der Waals surface area contributed by atoms with E-state index in [1.807, 2.05) is 13.1 Å². The Kier molecular flexibility index (Phi) is 3.03. The molecule has 0 saturated heterocycles. The highest BCUT2D eigenvalue weighted by Crippen LogP contribution is 2.18. The van der Waals surface area contributed by atoms with E-state index in [9.17, 15) is 0 Å². The van der Waals surface area contributed by atoms with Gasteiger partial charge in [0.1, 0.15) is 0 Å². The molecule has 0 radical (unpaired) electrons. The lowest BCUT2D eigenvalue weighted by atomic mass is 9.97. The summed E-state index contributed by atoms with van der Waals surface area (Å²) in [6.45, 7) is 7.44. The summed E-state index contributed by atoms with van der Waals surface area (Å²) in [5, 5.41) is 7.53. The number of ether oxygens (including phenoxy) is 1. The molecule has 4 nitrogen and oxygen atoms in total. The monoisotopic (exact) mass is 197 g/mol. The molecule has 1 aromatic rings. The maximum atomic E-state index is 5.12. The quantitative estimate of drug-likeness (QED) is 0.804. The lowest BCUT2D eigenvalue weighted by molar-refractivity contribution is 0.373. The molecule has 0 bridgehead atoms. The maximum Gasteiger partial charge on any atom is 0.213 e. The van der Waals surface area contributed by atoms with E-state index in [0.29, 0.717) is 0 Å². The summed E-state index contributed by atoms with van der Waals surface area (Å²) in [6, 6.07) is 1.89. The molecular weight excluding hydrogens is 178 g/mol. The predicted octanol–water partition coefficient (Wildman–Crippen LogP) is 1.89. The van der Waals surface area contributed by atoms with Crippen molar-refractivity contribution in [2.24, 2.45) is 12.5 Å². The molecule has 0 spiro atoms. The second kappa shape index (κ2) is 3.90. The second-order valence-corrected chi connectivity index (χ2v) is 4.61. The SMILES string of the molecule is COc1cc(NCC(C)(C)C)nn1C. The molecule has 1 aromatic heterocycles. The van der Waals surface area contributed by atoms with Gasteiger partial charge in [-0.05, 0) is 5.41 Å². The minimum atomic E-state index is 0.255. The third-order valence-corrected chi connectivity index (χ3v) is 1.85. The average Bonchev–Trinajstić information content (AvgIpc) is 2.42. The molecule has 0 saturated carbocycles. The Labute approximate surface area is 85.3 Å².